The van der Waals surface area contributed by atoms with Gasteiger partial charge in [0.25, 0.3) is 0 Å². The average molecular weight is 350 g/mol. The van der Waals surface area contributed by atoms with Crippen molar-refractivity contribution in [3.63, 3.8) is 0 Å². The van der Waals surface area contributed by atoms with E-state index in [2.05, 4.69) is 42.5 Å². The van der Waals surface area contributed by atoms with Gasteiger partial charge in [-0.25, -0.2) is 0 Å². The summed E-state index contributed by atoms with van der Waals surface area (Å²) in [5.74, 6) is 0. The molecule has 0 aliphatic rings. The third-order valence-electron chi connectivity index (χ3n) is 2.28. The van der Waals surface area contributed by atoms with E-state index in [0.717, 1.165) is 11.1 Å². The van der Waals surface area contributed by atoms with Crippen LogP contribution in [-0.4, -0.2) is 5.11 Å². The Morgan fingerprint density at radius 3 is 2.53 bits per heavy atom. The van der Waals surface area contributed by atoms with Gasteiger partial charge in [0.05, 0.1) is 2.88 Å². The number of hydrogen-bond acceptors (Lipinski definition) is 3. The quantitative estimate of drug-likeness (QED) is 0.808. The Hall–Kier alpha value is 0.0900. The average Bonchev–Trinajstić information content (AvgIpc) is 2.71. The second kappa shape index (κ2) is 4.53. The molecule has 0 spiro atoms. The molecule has 0 amide bonds. The number of aliphatic hydroxyl groups is 1. The van der Waals surface area contributed by atoms with Crippen LogP contribution in [0.15, 0.2) is 17.5 Å². The molecule has 1 N–H and O–H groups in total. The maximum absolute atomic E-state index is 10.2. The lowest BCUT2D eigenvalue weighted by Gasteiger charge is -2.07. The second-order valence-corrected chi connectivity index (χ2v) is 7.72. The fourth-order valence-corrected chi connectivity index (χ4v) is 3.92. The summed E-state index contributed by atoms with van der Waals surface area (Å²) in [6.07, 6.45) is -0.463. The SMILES string of the molecule is Cc1cc(C(O)c2csc(I)c2)c(C)s1. The zero-order valence-electron chi connectivity index (χ0n) is 8.45. The van der Waals surface area contributed by atoms with Gasteiger partial charge in [-0.3, -0.25) is 0 Å². The summed E-state index contributed by atoms with van der Waals surface area (Å²) in [7, 11) is 0. The van der Waals surface area contributed by atoms with Crippen LogP contribution in [-0.2, 0) is 0 Å². The summed E-state index contributed by atoms with van der Waals surface area (Å²) in [4.78, 5) is 2.47. The van der Waals surface area contributed by atoms with Gasteiger partial charge in [0.2, 0.25) is 0 Å². The smallest absolute Gasteiger partial charge is 0.106 e. The maximum Gasteiger partial charge on any atom is 0.106 e. The minimum atomic E-state index is -0.463. The van der Waals surface area contributed by atoms with Crippen molar-refractivity contribution in [2.75, 3.05) is 0 Å². The fraction of sp³-hybridized carbons (Fsp3) is 0.273. The Labute approximate surface area is 111 Å². The van der Waals surface area contributed by atoms with E-state index in [-0.39, 0.29) is 0 Å². The van der Waals surface area contributed by atoms with Crippen LogP contribution in [0.4, 0.5) is 0 Å². The molecule has 2 rings (SSSR count). The van der Waals surface area contributed by atoms with Gasteiger partial charge in [-0.2, -0.15) is 0 Å². The molecule has 0 bridgehead atoms. The van der Waals surface area contributed by atoms with Crippen molar-refractivity contribution >= 4 is 45.3 Å². The summed E-state index contributed by atoms with van der Waals surface area (Å²) in [5, 5.41) is 12.2. The molecule has 80 valence electrons. The van der Waals surface area contributed by atoms with Gasteiger partial charge in [-0.1, -0.05) is 0 Å². The molecule has 0 fully saturated rings. The van der Waals surface area contributed by atoms with Gasteiger partial charge >= 0.3 is 0 Å². The monoisotopic (exact) mass is 350 g/mol. The van der Waals surface area contributed by atoms with Crippen molar-refractivity contribution in [3.05, 3.63) is 41.3 Å². The number of aliphatic hydroxyl groups excluding tert-OH is 1. The maximum atomic E-state index is 10.2. The molecule has 0 saturated carbocycles. The number of halogens is 1. The highest BCUT2D eigenvalue weighted by atomic mass is 127. The molecule has 0 radical (unpaired) electrons. The van der Waals surface area contributed by atoms with Crippen LogP contribution in [0.3, 0.4) is 0 Å². The van der Waals surface area contributed by atoms with Crippen molar-refractivity contribution in [3.8, 4) is 0 Å². The Morgan fingerprint density at radius 2 is 2.07 bits per heavy atom. The summed E-state index contributed by atoms with van der Waals surface area (Å²) >= 11 is 5.69. The Kier molecular flexibility index (Phi) is 3.49. The summed E-state index contributed by atoms with van der Waals surface area (Å²) < 4.78 is 1.21. The van der Waals surface area contributed by atoms with Gasteiger partial charge in [0, 0.05) is 9.75 Å². The molecule has 4 heteroatoms. The van der Waals surface area contributed by atoms with Gasteiger partial charge in [-0.05, 0) is 65.1 Å². The first-order valence-electron chi connectivity index (χ1n) is 4.57. The van der Waals surface area contributed by atoms with Crippen LogP contribution in [0.1, 0.15) is 27.0 Å². The van der Waals surface area contributed by atoms with E-state index >= 15 is 0 Å². The largest absolute Gasteiger partial charge is 0.384 e. The van der Waals surface area contributed by atoms with E-state index < -0.39 is 6.10 Å². The molecule has 0 saturated heterocycles. The number of thiophene rings is 2. The highest BCUT2D eigenvalue weighted by molar-refractivity contribution is 14.1. The Balaban J connectivity index is 2.35. The van der Waals surface area contributed by atoms with Gasteiger partial charge < -0.3 is 5.11 Å². The molecule has 2 heterocycles. The molecule has 1 unspecified atom stereocenters. The van der Waals surface area contributed by atoms with E-state index in [1.165, 1.54) is 12.6 Å². The molecule has 2 aromatic rings. The fourth-order valence-electron chi connectivity index (χ4n) is 1.57. The number of hydrogen-bond donors (Lipinski definition) is 1. The normalized spacial score (nSPS) is 13.1. The van der Waals surface area contributed by atoms with E-state index in [1.807, 2.05) is 11.4 Å². The predicted molar refractivity (Wildman–Crippen MR) is 74.9 cm³/mol. The van der Waals surface area contributed by atoms with Crippen LogP contribution in [0, 0.1) is 16.7 Å². The molecule has 0 aromatic carbocycles. The molecule has 1 nitrogen and oxygen atoms in total. The molecule has 1 atom stereocenters. The highest BCUT2D eigenvalue weighted by Gasteiger charge is 2.16. The Bertz CT molecular complexity index is 473. The minimum absolute atomic E-state index is 0.463. The first kappa shape index (κ1) is 11.6. The molecule has 0 aliphatic heterocycles. The first-order valence-corrected chi connectivity index (χ1v) is 7.34. The lowest BCUT2D eigenvalue weighted by atomic mass is 10.1. The second-order valence-electron chi connectivity index (χ2n) is 3.46. The molecule has 0 aliphatic carbocycles. The van der Waals surface area contributed by atoms with Crippen LogP contribution >= 0.6 is 45.3 Å². The topological polar surface area (TPSA) is 20.2 Å². The molecule has 15 heavy (non-hydrogen) atoms. The lowest BCUT2D eigenvalue weighted by Crippen LogP contribution is -1.97. The van der Waals surface area contributed by atoms with Gasteiger partial charge in [0.1, 0.15) is 6.10 Å². The minimum Gasteiger partial charge on any atom is -0.384 e. The third-order valence-corrected chi connectivity index (χ3v) is 5.07. The third kappa shape index (κ3) is 2.43. The van der Waals surface area contributed by atoms with Crippen molar-refractivity contribution in [2.24, 2.45) is 0 Å². The van der Waals surface area contributed by atoms with Crippen LogP contribution < -0.4 is 0 Å². The van der Waals surface area contributed by atoms with Gasteiger partial charge in [0.15, 0.2) is 0 Å². The highest BCUT2D eigenvalue weighted by Crippen LogP contribution is 2.32. The zero-order chi connectivity index (χ0) is 11.0. The molecular weight excluding hydrogens is 339 g/mol. The van der Waals surface area contributed by atoms with Crippen LogP contribution in [0.5, 0.6) is 0 Å². The van der Waals surface area contributed by atoms with E-state index in [0.29, 0.717) is 0 Å². The number of aryl methyl sites for hydroxylation is 2. The summed E-state index contributed by atoms with van der Waals surface area (Å²) in [6, 6.07) is 4.12. The lowest BCUT2D eigenvalue weighted by molar-refractivity contribution is 0.220. The number of rotatable bonds is 2. The van der Waals surface area contributed by atoms with Crippen LogP contribution in [0.25, 0.3) is 0 Å². The molecular formula is C11H11IOS2. The van der Waals surface area contributed by atoms with Crippen molar-refractivity contribution < 1.29 is 5.11 Å². The van der Waals surface area contributed by atoms with Crippen LogP contribution in [0.2, 0.25) is 0 Å². The Morgan fingerprint density at radius 1 is 1.33 bits per heavy atom. The van der Waals surface area contributed by atoms with Crippen molar-refractivity contribution in [2.45, 2.75) is 20.0 Å². The van der Waals surface area contributed by atoms with Crippen molar-refractivity contribution in [1.82, 2.24) is 0 Å². The zero-order valence-corrected chi connectivity index (χ0v) is 12.2. The van der Waals surface area contributed by atoms with E-state index in [9.17, 15) is 5.11 Å². The van der Waals surface area contributed by atoms with Crippen molar-refractivity contribution in [1.29, 1.82) is 0 Å². The molecule has 2 aromatic heterocycles. The van der Waals surface area contributed by atoms with E-state index in [1.54, 1.807) is 22.7 Å². The summed E-state index contributed by atoms with van der Waals surface area (Å²) in [6.45, 7) is 4.14. The summed E-state index contributed by atoms with van der Waals surface area (Å²) in [5.41, 5.74) is 2.05. The standard InChI is InChI=1S/C11H11IOS2/c1-6-3-9(7(2)15-6)11(13)8-4-10(12)14-5-8/h3-5,11,13H,1-2H3. The first-order chi connectivity index (χ1) is 7.08. The van der Waals surface area contributed by atoms with Gasteiger partial charge in [-0.15, -0.1) is 22.7 Å². The van der Waals surface area contributed by atoms with E-state index in [4.69, 9.17) is 0 Å². The predicted octanol–water partition coefficient (Wildman–Crippen LogP) is 4.11.